The SMILES string of the molecule is C1=CSN(c2ccco2)C1. The van der Waals surface area contributed by atoms with E-state index in [0.29, 0.717) is 0 Å². The first-order valence-corrected chi connectivity index (χ1v) is 3.93. The van der Waals surface area contributed by atoms with Crippen LogP contribution >= 0.6 is 11.9 Å². The first-order chi connectivity index (χ1) is 4.97. The van der Waals surface area contributed by atoms with Crippen LogP contribution in [-0.2, 0) is 0 Å². The molecule has 0 amide bonds. The number of furan rings is 1. The minimum absolute atomic E-state index is 0.926. The lowest BCUT2D eigenvalue weighted by atomic mass is 10.5. The van der Waals surface area contributed by atoms with Crippen LogP contribution in [0.4, 0.5) is 5.88 Å². The zero-order chi connectivity index (χ0) is 6.81. The molecular formula is C7H7NOS. The molecule has 0 saturated heterocycles. The molecule has 1 aliphatic heterocycles. The summed E-state index contributed by atoms with van der Waals surface area (Å²) in [5.41, 5.74) is 0. The molecule has 0 spiro atoms. The number of rotatable bonds is 1. The maximum atomic E-state index is 5.18. The smallest absolute Gasteiger partial charge is 0.205 e. The predicted octanol–water partition coefficient (Wildman–Crippen LogP) is 2.26. The lowest BCUT2D eigenvalue weighted by Crippen LogP contribution is -2.07. The van der Waals surface area contributed by atoms with Crippen LogP contribution in [0.3, 0.4) is 0 Å². The van der Waals surface area contributed by atoms with Gasteiger partial charge in [0.15, 0.2) is 0 Å². The molecule has 0 fully saturated rings. The maximum absolute atomic E-state index is 5.18. The van der Waals surface area contributed by atoms with Crippen molar-refractivity contribution in [3.63, 3.8) is 0 Å². The van der Waals surface area contributed by atoms with Crippen LogP contribution in [0, 0.1) is 0 Å². The third kappa shape index (κ3) is 0.926. The summed E-state index contributed by atoms with van der Waals surface area (Å²) < 4.78 is 7.27. The van der Waals surface area contributed by atoms with Gasteiger partial charge < -0.3 is 4.42 Å². The third-order valence-electron chi connectivity index (χ3n) is 1.31. The van der Waals surface area contributed by atoms with E-state index in [1.54, 1.807) is 18.2 Å². The van der Waals surface area contributed by atoms with Gasteiger partial charge in [0.1, 0.15) is 0 Å². The monoisotopic (exact) mass is 153 g/mol. The Balaban J connectivity index is 2.14. The van der Waals surface area contributed by atoms with Gasteiger partial charge in [-0.15, -0.1) is 0 Å². The molecule has 0 unspecified atom stereocenters. The number of nitrogens with zero attached hydrogens (tertiary/aromatic N) is 1. The summed E-state index contributed by atoms with van der Waals surface area (Å²) in [6, 6.07) is 3.86. The topological polar surface area (TPSA) is 16.4 Å². The molecule has 0 radical (unpaired) electrons. The largest absolute Gasteiger partial charge is 0.448 e. The summed E-state index contributed by atoms with van der Waals surface area (Å²) in [7, 11) is 0. The molecule has 1 aromatic heterocycles. The third-order valence-corrected chi connectivity index (χ3v) is 2.21. The van der Waals surface area contributed by atoms with Gasteiger partial charge >= 0.3 is 0 Å². The van der Waals surface area contributed by atoms with Crippen LogP contribution in [0.15, 0.2) is 34.3 Å². The Kier molecular flexibility index (Phi) is 1.43. The van der Waals surface area contributed by atoms with Crippen LogP contribution < -0.4 is 4.31 Å². The zero-order valence-electron chi connectivity index (χ0n) is 5.36. The van der Waals surface area contributed by atoms with E-state index in [1.165, 1.54) is 0 Å². The fourth-order valence-electron chi connectivity index (χ4n) is 0.852. The van der Waals surface area contributed by atoms with E-state index in [4.69, 9.17) is 4.42 Å². The molecule has 2 nitrogen and oxygen atoms in total. The van der Waals surface area contributed by atoms with Crippen molar-refractivity contribution in [1.82, 2.24) is 0 Å². The van der Waals surface area contributed by atoms with Crippen molar-refractivity contribution < 1.29 is 4.42 Å². The fraction of sp³-hybridized carbons (Fsp3) is 0.143. The van der Waals surface area contributed by atoms with Crippen molar-refractivity contribution in [2.75, 3.05) is 10.8 Å². The van der Waals surface area contributed by atoms with Crippen molar-refractivity contribution in [2.24, 2.45) is 0 Å². The van der Waals surface area contributed by atoms with Crippen LogP contribution in [-0.4, -0.2) is 6.54 Å². The van der Waals surface area contributed by atoms with Crippen molar-refractivity contribution >= 4 is 17.8 Å². The Hall–Kier alpha value is -0.830. The van der Waals surface area contributed by atoms with Gasteiger partial charge in [0.05, 0.1) is 12.8 Å². The highest BCUT2D eigenvalue weighted by atomic mass is 32.2. The first-order valence-electron chi connectivity index (χ1n) is 3.09. The van der Waals surface area contributed by atoms with E-state index in [1.807, 2.05) is 12.1 Å². The minimum atomic E-state index is 0.926. The van der Waals surface area contributed by atoms with E-state index in [2.05, 4.69) is 15.8 Å². The summed E-state index contributed by atoms with van der Waals surface area (Å²) in [5.74, 6) is 0.926. The Morgan fingerprint density at radius 2 is 2.60 bits per heavy atom. The van der Waals surface area contributed by atoms with E-state index < -0.39 is 0 Å². The fourth-order valence-corrected chi connectivity index (χ4v) is 1.55. The van der Waals surface area contributed by atoms with E-state index >= 15 is 0 Å². The van der Waals surface area contributed by atoms with Crippen LogP contribution in [0.1, 0.15) is 0 Å². The van der Waals surface area contributed by atoms with E-state index in [-0.39, 0.29) is 0 Å². The van der Waals surface area contributed by atoms with Gasteiger partial charge in [0.25, 0.3) is 0 Å². The quantitative estimate of drug-likeness (QED) is 0.576. The molecule has 0 N–H and O–H groups in total. The van der Waals surface area contributed by atoms with Crippen molar-refractivity contribution in [3.05, 3.63) is 29.9 Å². The average Bonchev–Trinajstić information content (AvgIpc) is 2.59. The lowest BCUT2D eigenvalue weighted by molar-refractivity contribution is 0.573. The van der Waals surface area contributed by atoms with Crippen molar-refractivity contribution in [3.8, 4) is 0 Å². The van der Waals surface area contributed by atoms with Gasteiger partial charge in [-0.05, 0) is 23.4 Å². The minimum Gasteiger partial charge on any atom is -0.448 e. The molecule has 10 heavy (non-hydrogen) atoms. The molecular weight excluding hydrogens is 146 g/mol. The molecule has 0 aromatic carbocycles. The number of hydrogen-bond acceptors (Lipinski definition) is 3. The molecule has 0 aliphatic carbocycles. The van der Waals surface area contributed by atoms with Crippen LogP contribution in [0.25, 0.3) is 0 Å². The van der Waals surface area contributed by atoms with Gasteiger partial charge in [-0.3, -0.25) is 4.31 Å². The normalized spacial score (nSPS) is 16.6. The Bertz CT molecular complexity index is 222. The number of anilines is 1. The van der Waals surface area contributed by atoms with Crippen molar-refractivity contribution in [2.45, 2.75) is 0 Å². The molecule has 2 heterocycles. The summed E-state index contributed by atoms with van der Waals surface area (Å²) in [4.78, 5) is 0. The Morgan fingerprint density at radius 1 is 1.60 bits per heavy atom. The summed E-state index contributed by atoms with van der Waals surface area (Å²) in [6.45, 7) is 0.943. The lowest BCUT2D eigenvalue weighted by Gasteiger charge is -2.10. The van der Waals surface area contributed by atoms with E-state index in [0.717, 1.165) is 12.4 Å². The second-order valence-corrected chi connectivity index (χ2v) is 2.91. The molecule has 52 valence electrons. The molecule has 1 aliphatic rings. The molecule has 0 atom stereocenters. The molecule has 2 rings (SSSR count). The second kappa shape index (κ2) is 2.42. The highest BCUT2D eigenvalue weighted by Crippen LogP contribution is 2.26. The van der Waals surface area contributed by atoms with Gasteiger partial charge in [0.2, 0.25) is 5.88 Å². The molecule has 3 heteroatoms. The summed E-state index contributed by atoms with van der Waals surface area (Å²) in [6.07, 6.45) is 3.79. The number of hydrogen-bond donors (Lipinski definition) is 0. The highest BCUT2D eigenvalue weighted by molar-refractivity contribution is 8.03. The zero-order valence-corrected chi connectivity index (χ0v) is 6.17. The van der Waals surface area contributed by atoms with Crippen molar-refractivity contribution in [1.29, 1.82) is 0 Å². The average molecular weight is 153 g/mol. The first kappa shape index (κ1) is 5.92. The van der Waals surface area contributed by atoms with Crippen LogP contribution in [0.2, 0.25) is 0 Å². The summed E-state index contributed by atoms with van der Waals surface area (Å²) >= 11 is 1.66. The van der Waals surface area contributed by atoms with E-state index in [9.17, 15) is 0 Å². The van der Waals surface area contributed by atoms with Gasteiger partial charge in [-0.25, -0.2) is 0 Å². The Morgan fingerprint density at radius 3 is 3.20 bits per heavy atom. The molecule has 0 saturated carbocycles. The Labute approximate surface area is 63.6 Å². The maximum Gasteiger partial charge on any atom is 0.205 e. The summed E-state index contributed by atoms with van der Waals surface area (Å²) in [5, 5.41) is 2.06. The standard InChI is InChI=1S/C7H7NOS/c1-3-7(9-5-1)8-4-2-6-10-8/h1-3,5-6H,4H2. The highest BCUT2D eigenvalue weighted by Gasteiger charge is 2.09. The van der Waals surface area contributed by atoms with Gasteiger partial charge in [0, 0.05) is 6.07 Å². The predicted molar refractivity (Wildman–Crippen MR) is 42.8 cm³/mol. The second-order valence-electron chi connectivity index (χ2n) is 1.99. The molecule has 0 bridgehead atoms. The molecule has 1 aromatic rings. The van der Waals surface area contributed by atoms with Gasteiger partial charge in [-0.2, -0.15) is 0 Å². The van der Waals surface area contributed by atoms with Gasteiger partial charge in [-0.1, -0.05) is 6.08 Å². The van der Waals surface area contributed by atoms with Crippen LogP contribution in [0.5, 0.6) is 0 Å².